The minimum absolute atomic E-state index is 0.264. The van der Waals surface area contributed by atoms with E-state index in [-0.39, 0.29) is 11.6 Å². The van der Waals surface area contributed by atoms with E-state index in [2.05, 4.69) is 9.97 Å². The van der Waals surface area contributed by atoms with Gasteiger partial charge in [-0.25, -0.2) is 0 Å². The van der Waals surface area contributed by atoms with E-state index in [1.807, 2.05) is 18.2 Å². The predicted octanol–water partition coefficient (Wildman–Crippen LogP) is 2.94. The quantitative estimate of drug-likeness (QED) is 0.774. The summed E-state index contributed by atoms with van der Waals surface area (Å²) in [6.45, 7) is 0. The van der Waals surface area contributed by atoms with E-state index in [0.29, 0.717) is 17.1 Å². The number of benzene rings is 2. The second-order valence-electron chi connectivity index (χ2n) is 4.69. The SMILES string of the molecule is COc1ccccc1Oc1c(O)nc(-c2ccccc2)[nH]c1=O. The average molecular weight is 310 g/mol. The molecule has 3 aromatic rings. The third-order valence-electron chi connectivity index (χ3n) is 3.19. The van der Waals surface area contributed by atoms with E-state index in [0.717, 1.165) is 0 Å². The molecular weight excluding hydrogens is 296 g/mol. The molecule has 0 saturated carbocycles. The van der Waals surface area contributed by atoms with E-state index < -0.39 is 11.4 Å². The van der Waals surface area contributed by atoms with Crippen molar-refractivity contribution in [2.75, 3.05) is 7.11 Å². The van der Waals surface area contributed by atoms with E-state index in [9.17, 15) is 9.90 Å². The van der Waals surface area contributed by atoms with Gasteiger partial charge in [-0.3, -0.25) is 4.79 Å². The molecule has 0 aliphatic carbocycles. The number of hydrogen-bond acceptors (Lipinski definition) is 5. The predicted molar refractivity (Wildman–Crippen MR) is 85.0 cm³/mol. The van der Waals surface area contributed by atoms with Crippen LogP contribution in [-0.2, 0) is 0 Å². The maximum Gasteiger partial charge on any atom is 0.298 e. The first kappa shape index (κ1) is 14.6. The molecule has 1 heterocycles. The molecule has 0 radical (unpaired) electrons. The van der Waals surface area contributed by atoms with Crippen LogP contribution >= 0.6 is 0 Å². The molecule has 116 valence electrons. The number of nitrogens with zero attached hydrogens (tertiary/aromatic N) is 1. The molecule has 0 atom stereocenters. The number of aromatic hydroxyl groups is 1. The van der Waals surface area contributed by atoms with Crippen LogP contribution in [0.2, 0.25) is 0 Å². The Labute approximate surface area is 132 Å². The second kappa shape index (κ2) is 6.23. The number of methoxy groups -OCH3 is 1. The molecule has 0 saturated heterocycles. The van der Waals surface area contributed by atoms with Crippen molar-refractivity contribution < 1.29 is 14.6 Å². The van der Waals surface area contributed by atoms with Gasteiger partial charge >= 0.3 is 0 Å². The molecular formula is C17H14N2O4. The maximum absolute atomic E-state index is 12.2. The highest BCUT2D eigenvalue weighted by Crippen LogP contribution is 2.32. The third-order valence-corrected chi connectivity index (χ3v) is 3.19. The Morgan fingerprint density at radius 2 is 1.65 bits per heavy atom. The highest BCUT2D eigenvalue weighted by molar-refractivity contribution is 5.56. The number of rotatable bonds is 4. The van der Waals surface area contributed by atoms with Gasteiger partial charge in [0.15, 0.2) is 11.5 Å². The maximum atomic E-state index is 12.2. The number of nitrogens with one attached hydrogen (secondary N) is 1. The molecule has 0 spiro atoms. The molecule has 0 unspecified atom stereocenters. The number of para-hydroxylation sites is 2. The van der Waals surface area contributed by atoms with E-state index in [4.69, 9.17) is 9.47 Å². The molecule has 0 amide bonds. The molecule has 2 N–H and O–H groups in total. The van der Waals surface area contributed by atoms with Crippen LogP contribution in [0.1, 0.15) is 0 Å². The van der Waals surface area contributed by atoms with E-state index in [1.54, 1.807) is 36.4 Å². The normalized spacial score (nSPS) is 10.3. The summed E-state index contributed by atoms with van der Waals surface area (Å²) >= 11 is 0. The number of H-pyrrole nitrogens is 1. The average Bonchev–Trinajstić information content (AvgIpc) is 2.59. The first-order valence-corrected chi connectivity index (χ1v) is 6.88. The fourth-order valence-corrected chi connectivity index (χ4v) is 2.09. The van der Waals surface area contributed by atoms with Crippen molar-refractivity contribution in [1.29, 1.82) is 0 Å². The summed E-state index contributed by atoms with van der Waals surface area (Å²) in [6, 6.07) is 15.8. The lowest BCUT2D eigenvalue weighted by Crippen LogP contribution is -2.12. The third kappa shape index (κ3) is 3.01. The topological polar surface area (TPSA) is 84.4 Å². The smallest absolute Gasteiger partial charge is 0.298 e. The monoisotopic (exact) mass is 310 g/mol. The van der Waals surface area contributed by atoms with Crippen molar-refractivity contribution in [1.82, 2.24) is 9.97 Å². The standard InChI is InChI=1S/C17H14N2O4/c1-22-12-9-5-6-10-13(12)23-14-16(20)18-15(19-17(14)21)11-7-3-2-4-8-11/h2-10H,1H3,(H2,18,19,20,21). The Balaban J connectivity index is 2.00. The van der Waals surface area contributed by atoms with Crippen LogP contribution in [0.3, 0.4) is 0 Å². The molecule has 0 bridgehead atoms. The molecule has 2 aromatic carbocycles. The molecule has 6 heteroatoms. The van der Waals surface area contributed by atoms with Crippen LogP contribution in [0, 0.1) is 0 Å². The number of aromatic nitrogens is 2. The van der Waals surface area contributed by atoms with Gasteiger partial charge in [0.2, 0.25) is 0 Å². The summed E-state index contributed by atoms with van der Waals surface area (Å²) in [5, 5.41) is 10.1. The minimum atomic E-state index is -0.581. The van der Waals surface area contributed by atoms with Gasteiger partial charge in [-0.1, -0.05) is 42.5 Å². The van der Waals surface area contributed by atoms with Crippen molar-refractivity contribution in [3.05, 3.63) is 65.0 Å². The summed E-state index contributed by atoms with van der Waals surface area (Å²) in [5.74, 6) is 0.247. The van der Waals surface area contributed by atoms with Crippen molar-refractivity contribution in [3.63, 3.8) is 0 Å². The molecule has 0 fully saturated rings. The fourth-order valence-electron chi connectivity index (χ4n) is 2.09. The molecule has 0 aliphatic heterocycles. The minimum Gasteiger partial charge on any atom is -0.493 e. The van der Waals surface area contributed by atoms with Crippen molar-refractivity contribution in [2.45, 2.75) is 0 Å². The van der Waals surface area contributed by atoms with Crippen LogP contribution in [0.5, 0.6) is 23.1 Å². The second-order valence-corrected chi connectivity index (χ2v) is 4.69. The van der Waals surface area contributed by atoms with Gasteiger partial charge < -0.3 is 19.6 Å². The van der Waals surface area contributed by atoms with Crippen LogP contribution in [0.15, 0.2) is 59.4 Å². The summed E-state index contributed by atoms with van der Waals surface area (Å²) in [7, 11) is 1.49. The Kier molecular flexibility index (Phi) is 3.97. The Morgan fingerprint density at radius 3 is 2.30 bits per heavy atom. The van der Waals surface area contributed by atoms with Gasteiger partial charge in [0, 0.05) is 5.56 Å². The van der Waals surface area contributed by atoms with Gasteiger partial charge in [0.25, 0.3) is 17.2 Å². The van der Waals surface area contributed by atoms with Crippen LogP contribution in [0.4, 0.5) is 0 Å². The summed E-state index contributed by atoms with van der Waals surface area (Å²) in [5.41, 5.74) is 0.103. The highest BCUT2D eigenvalue weighted by atomic mass is 16.5. The first-order valence-electron chi connectivity index (χ1n) is 6.88. The first-order chi connectivity index (χ1) is 11.2. The van der Waals surface area contributed by atoms with Crippen molar-refractivity contribution in [3.8, 4) is 34.5 Å². The molecule has 0 aliphatic rings. The molecule has 1 aromatic heterocycles. The summed E-state index contributed by atoms with van der Waals surface area (Å²) in [6.07, 6.45) is 0. The summed E-state index contributed by atoms with van der Waals surface area (Å²) < 4.78 is 10.6. The van der Waals surface area contributed by atoms with Gasteiger partial charge in [0.05, 0.1) is 7.11 Å². The lowest BCUT2D eigenvalue weighted by molar-refractivity contribution is 0.358. The lowest BCUT2D eigenvalue weighted by Gasteiger charge is -2.10. The zero-order valence-electron chi connectivity index (χ0n) is 12.3. The van der Waals surface area contributed by atoms with Gasteiger partial charge in [0.1, 0.15) is 5.82 Å². The van der Waals surface area contributed by atoms with Crippen LogP contribution in [-0.4, -0.2) is 22.2 Å². The van der Waals surface area contributed by atoms with Gasteiger partial charge in [-0.05, 0) is 12.1 Å². The number of ether oxygens (including phenoxy) is 2. The lowest BCUT2D eigenvalue weighted by atomic mass is 10.2. The van der Waals surface area contributed by atoms with Crippen molar-refractivity contribution in [2.24, 2.45) is 0 Å². The molecule has 3 rings (SSSR count). The van der Waals surface area contributed by atoms with Crippen LogP contribution < -0.4 is 15.0 Å². The molecule has 6 nitrogen and oxygen atoms in total. The van der Waals surface area contributed by atoms with E-state index in [1.165, 1.54) is 7.11 Å². The van der Waals surface area contributed by atoms with Gasteiger partial charge in [-0.15, -0.1) is 0 Å². The fraction of sp³-hybridized carbons (Fsp3) is 0.0588. The zero-order valence-corrected chi connectivity index (χ0v) is 12.3. The Bertz CT molecular complexity index is 875. The zero-order chi connectivity index (χ0) is 16.2. The summed E-state index contributed by atoms with van der Waals surface area (Å²) in [4.78, 5) is 18.8. The largest absolute Gasteiger partial charge is 0.493 e. The van der Waals surface area contributed by atoms with Gasteiger partial charge in [-0.2, -0.15) is 4.98 Å². The Hall–Kier alpha value is -3.28. The van der Waals surface area contributed by atoms with E-state index >= 15 is 0 Å². The Morgan fingerprint density at radius 1 is 1.00 bits per heavy atom. The molecule has 23 heavy (non-hydrogen) atoms. The van der Waals surface area contributed by atoms with Crippen LogP contribution in [0.25, 0.3) is 11.4 Å². The number of hydrogen-bond donors (Lipinski definition) is 2. The highest BCUT2D eigenvalue weighted by Gasteiger charge is 2.16. The number of aromatic amines is 1. The van der Waals surface area contributed by atoms with Crippen molar-refractivity contribution >= 4 is 0 Å².